The van der Waals surface area contributed by atoms with Crippen molar-refractivity contribution in [3.8, 4) is 0 Å². The average molecular weight is 369 g/mol. The standard InChI is InChI=1S/C22H40O4/c1-6-7-8-9-12-17(15-16(2)22(3,4)5)26-21(25)19-14-11-10-13-18(19)20(23)24/h16-19H,6-15H2,1-5H3,(H,23,24). The number of hydrogen-bond donors (Lipinski definition) is 1. The molecule has 1 aliphatic rings. The van der Waals surface area contributed by atoms with Crippen molar-refractivity contribution in [1.82, 2.24) is 0 Å². The molecule has 4 unspecified atom stereocenters. The van der Waals surface area contributed by atoms with Gasteiger partial charge < -0.3 is 9.84 Å². The summed E-state index contributed by atoms with van der Waals surface area (Å²) in [6.07, 6.45) is 9.32. The summed E-state index contributed by atoms with van der Waals surface area (Å²) >= 11 is 0. The number of carboxylic acid groups (broad SMARTS) is 1. The number of aliphatic carboxylic acids is 1. The lowest BCUT2D eigenvalue weighted by molar-refractivity contribution is -0.165. The number of hydrogen-bond acceptors (Lipinski definition) is 3. The van der Waals surface area contributed by atoms with Gasteiger partial charge in [-0.1, -0.05) is 66.7 Å². The summed E-state index contributed by atoms with van der Waals surface area (Å²) in [5, 5.41) is 9.44. The third-order valence-corrected chi connectivity index (χ3v) is 6.14. The van der Waals surface area contributed by atoms with Gasteiger partial charge in [-0.15, -0.1) is 0 Å². The van der Waals surface area contributed by atoms with Crippen LogP contribution in [0.5, 0.6) is 0 Å². The van der Waals surface area contributed by atoms with Gasteiger partial charge in [-0.25, -0.2) is 0 Å². The monoisotopic (exact) mass is 368 g/mol. The Kier molecular flexibility index (Phi) is 9.67. The van der Waals surface area contributed by atoms with E-state index in [1.165, 1.54) is 12.8 Å². The van der Waals surface area contributed by atoms with Crippen molar-refractivity contribution in [2.75, 3.05) is 0 Å². The van der Waals surface area contributed by atoms with Gasteiger partial charge in [0.05, 0.1) is 11.8 Å². The van der Waals surface area contributed by atoms with Crippen molar-refractivity contribution in [2.24, 2.45) is 23.2 Å². The Balaban J connectivity index is 2.71. The molecule has 0 aromatic carbocycles. The van der Waals surface area contributed by atoms with Crippen LogP contribution in [-0.2, 0) is 14.3 Å². The molecule has 26 heavy (non-hydrogen) atoms. The topological polar surface area (TPSA) is 63.6 Å². The lowest BCUT2D eigenvalue weighted by Gasteiger charge is -2.33. The predicted molar refractivity (Wildman–Crippen MR) is 105 cm³/mol. The summed E-state index contributed by atoms with van der Waals surface area (Å²) in [6.45, 7) is 11.1. The fourth-order valence-electron chi connectivity index (χ4n) is 3.73. The van der Waals surface area contributed by atoms with Gasteiger partial charge in [-0.2, -0.15) is 0 Å². The highest BCUT2D eigenvalue weighted by Gasteiger charge is 2.38. The van der Waals surface area contributed by atoms with Crippen LogP contribution in [-0.4, -0.2) is 23.1 Å². The molecule has 0 aliphatic heterocycles. The number of carboxylic acids is 1. The Bertz CT molecular complexity index is 438. The molecule has 4 atom stereocenters. The minimum absolute atomic E-state index is 0.0926. The number of unbranched alkanes of at least 4 members (excludes halogenated alkanes) is 3. The third-order valence-electron chi connectivity index (χ3n) is 6.14. The molecule has 0 aromatic heterocycles. The van der Waals surface area contributed by atoms with Crippen molar-refractivity contribution in [2.45, 2.75) is 105 Å². The van der Waals surface area contributed by atoms with Crippen molar-refractivity contribution in [3.05, 3.63) is 0 Å². The Morgan fingerprint density at radius 3 is 2.23 bits per heavy atom. The number of ether oxygens (including phenoxy) is 1. The lowest BCUT2D eigenvalue weighted by atomic mass is 9.78. The van der Waals surface area contributed by atoms with Gasteiger partial charge in [-0.3, -0.25) is 9.59 Å². The highest BCUT2D eigenvalue weighted by Crippen LogP contribution is 2.34. The second-order valence-electron chi connectivity index (χ2n) is 9.25. The number of rotatable bonds is 10. The van der Waals surface area contributed by atoms with E-state index in [4.69, 9.17) is 4.74 Å². The molecule has 0 spiro atoms. The highest BCUT2D eigenvalue weighted by atomic mass is 16.5. The number of esters is 1. The maximum absolute atomic E-state index is 12.8. The molecule has 1 fully saturated rings. The predicted octanol–water partition coefficient (Wildman–Crippen LogP) is 5.83. The maximum atomic E-state index is 12.8. The van der Waals surface area contributed by atoms with E-state index in [1.54, 1.807) is 0 Å². The van der Waals surface area contributed by atoms with Crippen LogP contribution in [0.1, 0.15) is 98.8 Å². The van der Waals surface area contributed by atoms with E-state index in [1.807, 2.05) is 0 Å². The van der Waals surface area contributed by atoms with Crippen LogP contribution in [0.25, 0.3) is 0 Å². The minimum Gasteiger partial charge on any atom is -0.481 e. The molecule has 0 heterocycles. The van der Waals surface area contributed by atoms with Crippen LogP contribution in [0.3, 0.4) is 0 Å². The second-order valence-corrected chi connectivity index (χ2v) is 9.25. The smallest absolute Gasteiger partial charge is 0.310 e. The molecule has 4 heteroatoms. The molecule has 1 N–H and O–H groups in total. The molecule has 4 nitrogen and oxygen atoms in total. The minimum atomic E-state index is -0.853. The third kappa shape index (κ3) is 7.67. The van der Waals surface area contributed by atoms with Crippen molar-refractivity contribution in [3.63, 3.8) is 0 Å². The zero-order valence-electron chi connectivity index (χ0n) is 17.6. The zero-order chi connectivity index (χ0) is 19.7. The van der Waals surface area contributed by atoms with Gasteiger partial charge in [0.15, 0.2) is 0 Å². The van der Waals surface area contributed by atoms with Gasteiger partial charge in [-0.05, 0) is 43.4 Å². The SMILES string of the molecule is CCCCCCC(CC(C)C(C)(C)C)OC(=O)C1CCCCC1C(=O)O. The van der Waals surface area contributed by atoms with Gasteiger partial charge in [0.1, 0.15) is 6.10 Å². The molecular formula is C22H40O4. The van der Waals surface area contributed by atoms with Crippen LogP contribution in [0.4, 0.5) is 0 Å². The van der Waals surface area contributed by atoms with Crippen LogP contribution in [0.2, 0.25) is 0 Å². The summed E-state index contributed by atoms with van der Waals surface area (Å²) in [7, 11) is 0. The molecule has 152 valence electrons. The van der Waals surface area contributed by atoms with E-state index in [2.05, 4.69) is 34.6 Å². The van der Waals surface area contributed by atoms with Gasteiger partial charge in [0.25, 0.3) is 0 Å². The fraction of sp³-hybridized carbons (Fsp3) is 0.909. The molecular weight excluding hydrogens is 328 g/mol. The van der Waals surface area contributed by atoms with Gasteiger partial charge >= 0.3 is 11.9 Å². The van der Waals surface area contributed by atoms with E-state index in [0.29, 0.717) is 18.8 Å². The summed E-state index contributed by atoms with van der Waals surface area (Å²) in [4.78, 5) is 24.3. The lowest BCUT2D eigenvalue weighted by Crippen LogP contribution is -2.36. The quantitative estimate of drug-likeness (QED) is 0.389. The van der Waals surface area contributed by atoms with Crippen molar-refractivity contribution in [1.29, 1.82) is 0 Å². The molecule has 1 saturated carbocycles. The first-order chi connectivity index (χ1) is 12.2. The molecule has 0 bridgehead atoms. The molecule has 0 radical (unpaired) electrons. The van der Waals surface area contributed by atoms with E-state index in [9.17, 15) is 14.7 Å². The summed E-state index contributed by atoms with van der Waals surface area (Å²) in [6, 6.07) is 0. The molecule has 0 amide bonds. The Morgan fingerprint density at radius 2 is 1.69 bits per heavy atom. The van der Waals surface area contributed by atoms with Crippen LogP contribution in [0, 0.1) is 23.2 Å². The number of carbonyl (C=O) groups excluding carboxylic acids is 1. The van der Waals surface area contributed by atoms with E-state index < -0.39 is 17.8 Å². The largest absolute Gasteiger partial charge is 0.481 e. The zero-order valence-corrected chi connectivity index (χ0v) is 17.6. The molecule has 1 rings (SSSR count). The Morgan fingerprint density at radius 1 is 1.08 bits per heavy atom. The Hall–Kier alpha value is -1.06. The maximum Gasteiger partial charge on any atom is 0.310 e. The Labute approximate surface area is 160 Å². The van der Waals surface area contributed by atoms with Crippen LogP contribution >= 0.6 is 0 Å². The van der Waals surface area contributed by atoms with E-state index >= 15 is 0 Å². The molecule has 0 aromatic rings. The van der Waals surface area contributed by atoms with Crippen molar-refractivity contribution >= 4 is 11.9 Å². The molecule has 0 saturated heterocycles. The second kappa shape index (κ2) is 10.9. The average Bonchev–Trinajstić information content (AvgIpc) is 2.57. The van der Waals surface area contributed by atoms with E-state index in [-0.39, 0.29) is 17.5 Å². The van der Waals surface area contributed by atoms with Gasteiger partial charge in [0.2, 0.25) is 0 Å². The van der Waals surface area contributed by atoms with Crippen molar-refractivity contribution < 1.29 is 19.4 Å². The van der Waals surface area contributed by atoms with Crippen LogP contribution < -0.4 is 0 Å². The summed E-state index contributed by atoms with van der Waals surface area (Å²) in [5.41, 5.74) is 0.169. The normalized spacial score (nSPS) is 23.3. The summed E-state index contributed by atoms with van der Waals surface area (Å²) < 4.78 is 5.91. The highest BCUT2D eigenvalue weighted by molar-refractivity contribution is 5.81. The van der Waals surface area contributed by atoms with E-state index in [0.717, 1.165) is 38.5 Å². The number of carbonyl (C=O) groups is 2. The molecule has 1 aliphatic carbocycles. The van der Waals surface area contributed by atoms with Crippen LogP contribution in [0.15, 0.2) is 0 Å². The fourth-order valence-corrected chi connectivity index (χ4v) is 3.73. The first-order valence-electron chi connectivity index (χ1n) is 10.6. The first kappa shape index (κ1) is 23.0. The summed E-state index contributed by atoms with van der Waals surface area (Å²) in [5.74, 6) is -1.73. The van der Waals surface area contributed by atoms with Gasteiger partial charge in [0, 0.05) is 0 Å². The first-order valence-corrected chi connectivity index (χ1v) is 10.6.